The molecule has 1 rings (SSSR count). The number of rotatable bonds is 2. The average Bonchev–Trinajstić information content (AvgIpc) is 2.29. The summed E-state index contributed by atoms with van der Waals surface area (Å²) in [6, 6.07) is 0. The van der Waals surface area contributed by atoms with E-state index >= 15 is 0 Å². The molecule has 2 amide bonds. The van der Waals surface area contributed by atoms with Gasteiger partial charge in [0.2, 0.25) is 0 Å². The van der Waals surface area contributed by atoms with Crippen LogP contribution in [-0.2, 0) is 9.53 Å². The Morgan fingerprint density at radius 3 is 2.41 bits per heavy atom. The standard InChI is InChI=1S/C13H17NO3/c1-4-10-5-7-11(8-6-10)17-13(16)14-12(15)9(2)3/h1,10-11H,2,5-8H2,3H3,(H,14,15,16). The molecule has 1 fully saturated rings. The normalized spacial score (nSPS) is 23.3. The van der Waals surface area contributed by atoms with Crippen LogP contribution in [0.1, 0.15) is 32.6 Å². The summed E-state index contributed by atoms with van der Waals surface area (Å²) in [5, 5.41) is 2.11. The van der Waals surface area contributed by atoms with Gasteiger partial charge in [0.25, 0.3) is 5.91 Å². The van der Waals surface area contributed by atoms with E-state index in [1.807, 2.05) is 0 Å². The quantitative estimate of drug-likeness (QED) is 0.588. The largest absolute Gasteiger partial charge is 0.446 e. The van der Waals surface area contributed by atoms with Crippen molar-refractivity contribution in [1.29, 1.82) is 0 Å². The van der Waals surface area contributed by atoms with Gasteiger partial charge in [0.1, 0.15) is 6.10 Å². The second-order valence-electron chi connectivity index (χ2n) is 4.28. The second-order valence-corrected chi connectivity index (χ2v) is 4.28. The van der Waals surface area contributed by atoms with E-state index in [-0.39, 0.29) is 17.6 Å². The van der Waals surface area contributed by atoms with E-state index in [9.17, 15) is 9.59 Å². The van der Waals surface area contributed by atoms with Crippen molar-refractivity contribution in [1.82, 2.24) is 5.32 Å². The van der Waals surface area contributed by atoms with Gasteiger partial charge < -0.3 is 4.74 Å². The van der Waals surface area contributed by atoms with E-state index in [4.69, 9.17) is 11.2 Å². The molecule has 17 heavy (non-hydrogen) atoms. The van der Waals surface area contributed by atoms with Crippen molar-refractivity contribution in [3.63, 3.8) is 0 Å². The Kier molecular flexibility index (Phi) is 4.77. The first-order valence-corrected chi connectivity index (χ1v) is 5.66. The van der Waals surface area contributed by atoms with Crippen molar-refractivity contribution in [2.75, 3.05) is 0 Å². The lowest BCUT2D eigenvalue weighted by atomic mass is 9.88. The van der Waals surface area contributed by atoms with Gasteiger partial charge in [-0.15, -0.1) is 12.3 Å². The maximum absolute atomic E-state index is 11.3. The molecule has 1 aliphatic carbocycles. The average molecular weight is 235 g/mol. The van der Waals surface area contributed by atoms with Gasteiger partial charge in [-0.3, -0.25) is 10.1 Å². The van der Waals surface area contributed by atoms with Crippen LogP contribution in [-0.4, -0.2) is 18.1 Å². The molecular weight excluding hydrogens is 218 g/mol. The number of carbonyl (C=O) groups is 2. The third kappa shape index (κ3) is 4.31. The maximum atomic E-state index is 11.3. The molecule has 0 radical (unpaired) electrons. The summed E-state index contributed by atoms with van der Waals surface area (Å²) in [5.74, 6) is 2.48. The number of imide groups is 1. The van der Waals surface area contributed by atoms with Gasteiger partial charge in [-0.25, -0.2) is 4.79 Å². The Morgan fingerprint density at radius 2 is 1.94 bits per heavy atom. The Labute approximate surface area is 101 Å². The molecule has 0 spiro atoms. The lowest BCUT2D eigenvalue weighted by Gasteiger charge is -2.25. The third-order valence-electron chi connectivity index (χ3n) is 2.79. The highest BCUT2D eigenvalue weighted by Gasteiger charge is 2.23. The first kappa shape index (κ1) is 13.3. The third-order valence-corrected chi connectivity index (χ3v) is 2.79. The SMILES string of the molecule is C#CC1CCC(OC(=O)NC(=O)C(=C)C)CC1. The molecule has 4 heteroatoms. The van der Waals surface area contributed by atoms with Crippen molar-refractivity contribution in [2.45, 2.75) is 38.7 Å². The molecule has 0 atom stereocenters. The number of amides is 2. The van der Waals surface area contributed by atoms with E-state index in [2.05, 4.69) is 17.8 Å². The minimum absolute atomic E-state index is 0.141. The smallest absolute Gasteiger partial charge is 0.414 e. The summed E-state index contributed by atoms with van der Waals surface area (Å²) in [4.78, 5) is 22.5. The summed E-state index contributed by atoms with van der Waals surface area (Å²) in [5.41, 5.74) is 0.276. The molecule has 0 saturated heterocycles. The molecule has 0 bridgehead atoms. The molecule has 0 unspecified atom stereocenters. The molecule has 4 nitrogen and oxygen atoms in total. The highest BCUT2D eigenvalue weighted by molar-refractivity contribution is 6.01. The summed E-state index contributed by atoms with van der Waals surface area (Å²) in [7, 11) is 0. The van der Waals surface area contributed by atoms with Crippen LogP contribution in [0.3, 0.4) is 0 Å². The summed E-state index contributed by atoms with van der Waals surface area (Å²) < 4.78 is 5.12. The Hall–Kier alpha value is -1.76. The predicted octanol–water partition coefficient (Wildman–Crippen LogP) is 2.01. The topological polar surface area (TPSA) is 55.4 Å². The molecular formula is C13H17NO3. The van der Waals surface area contributed by atoms with Crippen LogP contribution in [0.15, 0.2) is 12.2 Å². The number of hydrogen-bond donors (Lipinski definition) is 1. The molecule has 0 aromatic heterocycles. The fraction of sp³-hybridized carbons (Fsp3) is 0.538. The van der Waals surface area contributed by atoms with Gasteiger partial charge in [0, 0.05) is 11.5 Å². The van der Waals surface area contributed by atoms with Crippen molar-refractivity contribution in [2.24, 2.45) is 5.92 Å². The Balaban J connectivity index is 2.31. The van der Waals surface area contributed by atoms with Crippen LogP contribution in [0.25, 0.3) is 0 Å². The van der Waals surface area contributed by atoms with Gasteiger partial charge in [-0.05, 0) is 32.6 Å². The van der Waals surface area contributed by atoms with Gasteiger partial charge >= 0.3 is 6.09 Å². The lowest BCUT2D eigenvalue weighted by molar-refractivity contribution is -0.117. The number of carbonyl (C=O) groups excluding carboxylic acids is 2. The van der Waals surface area contributed by atoms with Crippen molar-refractivity contribution < 1.29 is 14.3 Å². The summed E-state index contributed by atoms with van der Waals surface area (Å²) in [6.45, 7) is 4.96. The molecule has 0 heterocycles. The number of hydrogen-bond acceptors (Lipinski definition) is 3. The van der Waals surface area contributed by atoms with Gasteiger partial charge in [0.15, 0.2) is 0 Å². The fourth-order valence-corrected chi connectivity index (χ4v) is 1.73. The van der Waals surface area contributed by atoms with Crippen LogP contribution in [0, 0.1) is 18.3 Å². The zero-order chi connectivity index (χ0) is 12.8. The van der Waals surface area contributed by atoms with E-state index in [1.165, 1.54) is 6.92 Å². The number of alkyl carbamates (subject to hydrolysis) is 1. The van der Waals surface area contributed by atoms with Crippen LogP contribution in [0.2, 0.25) is 0 Å². The fourth-order valence-electron chi connectivity index (χ4n) is 1.73. The van der Waals surface area contributed by atoms with Crippen LogP contribution >= 0.6 is 0 Å². The second kappa shape index (κ2) is 6.09. The summed E-state index contributed by atoms with van der Waals surface area (Å²) >= 11 is 0. The molecule has 1 N–H and O–H groups in total. The van der Waals surface area contributed by atoms with Crippen molar-refractivity contribution in [3.8, 4) is 12.3 Å². The molecule has 0 aromatic carbocycles. The van der Waals surface area contributed by atoms with Gasteiger partial charge in [0.05, 0.1) is 0 Å². The highest BCUT2D eigenvalue weighted by Crippen LogP contribution is 2.25. The lowest BCUT2D eigenvalue weighted by Crippen LogP contribution is -2.35. The minimum Gasteiger partial charge on any atom is -0.446 e. The van der Waals surface area contributed by atoms with Crippen molar-refractivity contribution >= 4 is 12.0 Å². The Bertz CT molecular complexity index is 359. The first-order valence-electron chi connectivity index (χ1n) is 5.66. The first-order chi connectivity index (χ1) is 8.02. The minimum atomic E-state index is -0.706. The zero-order valence-corrected chi connectivity index (χ0v) is 9.99. The molecule has 1 aliphatic rings. The Morgan fingerprint density at radius 1 is 1.35 bits per heavy atom. The van der Waals surface area contributed by atoms with Crippen molar-refractivity contribution in [3.05, 3.63) is 12.2 Å². The molecule has 92 valence electrons. The maximum Gasteiger partial charge on any atom is 0.414 e. The predicted molar refractivity (Wildman–Crippen MR) is 64.0 cm³/mol. The van der Waals surface area contributed by atoms with Crippen LogP contribution in [0.4, 0.5) is 4.79 Å². The number of nitrogens with one attached hydrogen (secondary N) is 1. The van der Waals surface area contributed by atoms with E-state index in [1.54, 1.807) is 0 Å². The van der Waals surface area contributed by atoms with Crippen LogP contribution in [0.5, 0.6) is 0 Å². The van der Waals surface area contributed by atoms with Gasteiger partial charge in [-0.2, -0.15) is 0 Å². The van der Waals surface area contributed by atoms with E-state index < -0.39 is 12.0 Å². The van der Waals surface area contributed by atoms with Gasteiger partial charge in [-0.1, -0.05) is 6.58 Å². The monoisotopic (exact) mass is 235 g/mol. The van der Waals surface area contributed by atoms with Crippen LogP contribution < -0.4 is 5.32 Å². The number of ether oxygens (including phenoxy) is 1. The van der Waals surface area contributed by atoms with E-state index in [0.717, 1.165) is 25.7 Å². The number of terminal acetylenes is 1. The van der Waals surface area contributed by atoms with E-state index in [0.29, 0.717) is 0 Å². The molecule has 0 aromatic rings. The molecule has 1 saturated carbocycles. The highest BCUT2D eigenvalue weighted by atomic mass is 16.6. The molecule has 0 aliphatic heterocycles. The summed E-state index contributed by atoms with van der Waals surface area (Å²) in [6.07, 6.45) is 7.71. The zero-order valence-electron chi connectivity index (χ0n) is 9.99.